The summed E-state index contributed by atoms with van der Waals surface area (Å²) in [7, 11) is 0. The van der Waals surface area contributed by atoms with E-state index in [4.69, 9.17) is 11.6 Å². The topological polar surface area (TPSA) is 24.7 Å². The average molecular weight is 117 g/mol. The zero-order chi connectivity index (χ0) is 5.49. The Labute approximate surface area is 46.9 Å². The second-order valence-electron chi connectivity index (χ2n) is 1.57. The van der Waals surface area contributed by atoms with E-state index in [1.807, 2.05) is 0 Å². The summed E-state index contributed by atoms with van der Waals surface area (Å²) in [5, 5.41) is 6.33. The molecule has 3 heteroatoms. The van der Waals surface area contributed by atoms with Gasteiger partial charge in [-0.05, 0) is 12.5 Å². The molecule has 2 nitrogen and oxygen atoms in total. The van der Waals surface area contributed by atoms with Gasteiger partial charge in [0, 0.05) is 0 Å². The number of hydrogen-bond donors (Lipinski definition) is 0. The maximum absolute atomic E-state index is 5.55. The fourth-order valence-corrected chi connectivity index (χ4v) is 0.252. The van der Waals surface area contributed by atoms with Crippen molar-refractivity contribution in [3.8, 4) is 0 Å². The normalized spacial score (nSPS) is 22.0. The maximum atomic E-state index is 5.55. The summed E-state index contributed by atoms with van der Waals surface area (Å²) in [5.41, 5.74) is 0.786. The minimum atomic E-state index is -0.722. The molecule has 0 spiro atoms. The van der Waals surface area contributed by atoms with Crippen molar-refractivity contribution >= 4 is 11.6 Å². The van der Waals surface area contributed by atoms with E-state index in [1.54, 1.807) is 6.92 Å². The minimum Gasteiger partial charge on any atom is -0.135 e. The average Bonchev–Trinajstić information content (AvgIpc) is 2.21. The fourth-order valence-electron chi connectivity index (χ4n) is 0.215. The van der Waals surface area contributed by atoms with E-state index < -0.39 is 5.12 Å². The van der Waals surface area contributed by atoms with Gasteiger partial charge in [-0.1, -0.05) is 18.2 Å². The van der Waals surface area contributed by atoms with Crippen LogP contribution in [0.1, 0.15) is 6.92 Å². The lowest BCUT2D eigenvalue weighted by Crippen LogP contribution is -1.98. The van der Waals surface area contributed by atoms with Gasteiger partial charge < -0.3 is 0 Å². The largest absolute Gasteiger partial charge is 0.284 e. The highest BCUT2D eigenvalue weighted by Gasteiger charge is 2.37. The summed E-state index contributed by atoms with van der Waals surface area (Å²) >= 11 is 5.55. The molecule has 1 aliphatic rings. The predicted molar refractivity (Wildman–Crippen MR) is 28.3 cm³/mol. The molecule has 0 bridgehead atoms. The summed E-state index contributed by atoms with van der Waals surface area (Å²) in [6.07, 6.45) is 0. The Morgan fingerprint density at radius 1 is 1.71 bits per heavy atom. The second-order valence-corrected chi connectivity index (χ2v) is 2.09. The Hall–Kier alpha value is -0.370. The molecule has 0 saturated heterocycles. The van der Waals surface area contributed by atoms with Crippen molar-refractivity contribution < 1.29 is 0 Å². The Kier molecular flexibility index (Phi) is 0.729. The first-order chi connectivity index (χ1) is 3.15. The van der Waals surface area contributed by atoms with E-state index in [1.165, 1.54) is 0 Å². The van der Waals surface area contributed by atoms with Gasteiger partial charge in [0.1, 0.15) is 0 Å². The zero-order valence-electron chi connectivity index (χ0n) is 3.98. The minimum absolute atomic E-state index is 0.722. The van der Waals surface area contributed by atoms with Gasteiger partial charge in [-0.2, -0.15) is 0 Å². The molecule has 1 heterocycles. The fraction of sp³-hybridized carbons (Fsp3) is 0.500. The van der Waals surface area contributed by atoms with Crippen molar-refractivity contribution in [3.05, 3.63) is 12.2 Å². The second kappa shape index (κ2) is 1.07. The molecule has 0 unspecified atom stereocenters. The van der Waals surface area contributed by atoms with Gasteiger partial charge in [0.15, 0.2) is 0 Å². The van der Waals surface area contributed by atoms with Crippen LogP contribution in [0.4, 0.5) is 0 Å². The van der Waals surface area contributed by atoms with Crippen molar-refractivity contribution in [2.24, 2.45) is 10.2 Å². The molecule has 0 aromatic rings. The summed E-state index contributed by atoms with van der Waals surface area (Å²) < 4.78 is 0. The van der Waals surface area contributed by atoms with Gasteiger partial charge in [0.05, 0.1) is 0 Å². The monoisotopic (exact) mass is 116 g/mol. The summed E-state index contributed by atoms with van der Waals surface area (Å²) in [6, 6.07) is 0. The predicted octanol–water partition coefficient (Wildman–Crippen LogP) is 1.92. The van der Waals surface area contributed by atoms with E-state index in [0.717, 1.165) is 5.57 Å². The first kappa shape index (κ1) is 4.78. The lowest BCUT2D eigenvalue weighted by atomic mass is 10.3. The van der Waals surface area contributed by atoms with E-state index in [9.17, 15) is 0 Å². The van der Waals surface area contributed by atoms with Gasteiger partial charge >= 0.3 is 0 Å². The molecule has 0 amide bonds. The molecule has 0 aromatic carbocycles. The van der Waals surface area contributed by atoms with Gasteiger partial charge in [-0.25, -0.2) is 0 Å². The van der Waals surface area contributed by atoms with Crippen LogP contribution in [0.25, 0.3) is 0 Å². The number of rotatable bonds is 1. The molecule has 38 valence electrons. The summed E-state index contributed by atoms with van der Waals surface area (Å²) in [5.74, 6) is 0. The van der Waals surface area contributed by atoms with Gasteiger partial charge in [0.25, 0.3) is 5.12 Å². The molecule has 0 atom stereocenters. The van der Waals surface area contributed by atoms with E-state index in [-0.39, 0.29) is 0 Å². The number of nitrogens with zero attached hydrogens (tertiary/aromatic N) is 2. The standard InChI is InChI=1S/C4H5ClN2/c1-3(2)4(5)6-7-4/h1H2,2H3. The molecular weight excluding hydrogens is 112 g/mol. The molecule has 0 N–H and O–H groups in total. The Balaban J connectivity index is 2.58. The first-order valence-corrected chi connectivity index (χ1v) is 2.32. The third-order valence-electron chi connectivity index (χ3n) is 0.819. The van der Waals surface area contributed by atoms with Crippen LogP contribution in [-0.2, 0) is 0 Å². The third kappa shape index (κ3) is 0.657. The van der Waals surface area contributed by atoms with Gasteiger partial charge in [0.2, 0.25) is 0 Å². The van der Waals surface area contributed by atoms with Crippen LogP contribution in [0.2, 0.25) is 0 Å². The van der Waals surface area contributed by atoms with Gasteiger partial charge in [-0.3, -0.25) is 0 Å². The molecule has 1 aliphatic heterocycles. The molecule has 1 rings (SSSR count). The molecule has 0 saturated carbocycles. The van der Waals surface area contributed by atoms with Crippen LogP contribution in [0.15, 0.2) is 22.4 Å². The third-order valence-corrected chi connectivity index (χ3v) is 1.29. The van der Waals surface area contributed by atoms with Crippen molar-refractivity contribution in [3.63, 3.8) is 0 Å². The lowest BCUT2D eigenvalue weighted by Gasteiger charge is -1.93. The van der Waals surface area contributed by atoms with E-state index >= 15 is 0 Å². The van der Waals surface area contributed by atoms with Crippen LogP contribution < -0.4 is 0 Å². The number of halogens is 1. The maximum Gasteiger partial charge on any atom is 0.284 e. The molecule has 0 aromatic heterocycles. The number of alkyl halides is 1. The van der Waals surface area contributed by atoms with Gasteiger partial charge in [-0.15, -0.1) is 10.2 Å². The Bertz CT molecular complexity index is 133. The van der Waals surface area contributed by atoms with E-state index in [2.05, 4.69) is 16.8 Å². The van der Waals surface area contributed by atoms with Crippen LogP contribution in [-0.4, -0.2) is 5.12 Å². The van der Waals surface area contributed by atoms with Crippen molar-refractivity contribution in [2.45, 2.75) is 12.0 Å². The lowest BCUT2D eigenvalue weighted by molar-refractivity contribution is 0.992. The summed E-state index contributed by atoms with van der Waals surface area (Å²) in [4.78, 5) is 0. The Morgan fingerprint density at radius 3 is 2.14 bits per heavy atom. The van der Waals surface area contributed by atoms with Crippen LogP contribution in [0.3, 0.4) is 0 Å². The summed E-state index contributed by atoms with van der Waals surface area (Å²) in [6.45, 7) is 5.37. The first-order valence-electron chi connectivity index (χ1n) is 1.94. The zero-order valence-corrected chi connectivity index (χ0v) is 4.74. The molecule has 0 radical (unpaired) electrons. The SMILES string of the molecule is C=C(C)C1(Cl)N=N1. The van der Waals surface area contributed by atoms with Crippen LogP contribution in [0.5, 0.6) is 0 Å². The van der Waals surface area contributed by atoms with Crippen LogP contribution >= 0.6 is 11.6 Å². The highest BCUT2D eigenvalue weighted by molar-refractivity contribution is 6.26. The van der Waals surface area contributed by atoms with Crippen LogP contribution in [0, 0.1) is 0 Å². The molecule has 7 heavy (non-hydrogen) atoms. The highest BCUT2D eigenvalue weighted by Crippen LogP contribution is 2.38. The van der Waals surface area contributed by atoms with E-state index in [0.29, 0.717) is 0 Å². The quantitative estimate of drug-likeness (QED) is 0.284. The molecule has 0 fully saturated rings. The Morgan fingerprint density at radius 2 is 2.14 bits per heavy atom. The number of hydrogen-bond acceptors (Lipinski definition) is 2. The highest BCUT2D eigenvalue weighted by atomic mass is 35.5. The molecule has 0 aliphatic carbocycles. The smallest absolute Gasteiger partial charge is 0.135 e. The van der Waals surface area contributed by atoms with Crippen molar-refractivity contribution in [2.75, 3.05) is 0 Å². The van der Waals surface area contributed by atoms with Crippen molar-refractivity contribution in [1.82, 2.24) is 0 Å². The molecular formula is C4H5ClN2. The van der Waals surface area contributed by atoms with Crippen molar-refractivity contribution in [1.29, 1.82) is 0 Å².